The zero-order valence-electron chi connectivity index (χ0n) is 12.1. The van der Waals surface area contributed by atoms with Crippen molar-refractivity contribution < 1.29 is 8.42 Å². The summed E-state index contributed by atoms with van der Waals surface area (Å²) in [5.74, 6) is 0.818. The van der Waals surface area contributed by atoms with E-state index in [1.807, 2.05) is 12.1 Å². The van der Waals surface area contributed by atoms with Gasteiger partial charge in [-0.3, -0.25) is 0 Å². The van der Waals surface area contributed by atoms with Crippen molar-refractivity contribution >= 4 is 37.6 Å². The second-order valence-corrected chi connectivity index (χ2v) is 8.83. The van der Waals surface area contributed by atoms with Crippen LogP contribution in [-0.2, 0) is 10.0 Å². The average Bonchev–Trinajstić information content (AvgIpc) is 2.45. The van der Waals surface area contributed by atoms with Crippen molar-refractivity contribution in [3.8, 4) is 0 Å². The molecule has 0 bridgehead atoms. The predicted molar refractivity (Wildman–Crippen MR) is 91.7 cm³/mol. The number of hydrogen-bond donors (Lipinski definition) is 0. The maximum absolute atomic E-state index is 11.7. The lowest BCUT2D eigenvalue weighted by Gasteiger charge is -2.32. The van der Waals surface area contributed by atoms with E-state index in [2.05, 4.69) is 28.1 Å². The molecule has 1 heterocycles. The van der Waals surface area contributed by atoms with Crippen molar-refractivity contribution in [3.63, 3.8) is 0 Å². The number of halogens is 2. The fourth-order valence-electron chi connectivity index (χ4n) is 2.95. The summed E-state index contributed by atoms with van der Waals surface area (Å²) in [7, 11) is -3.07. The quantitative estimate of drug-likeness (QED) is 0.711. The highest BCUT2D eigenvalue weighted by molar-refractivity contribution is 9.09. The number of hydrogen-bond acceptors (Lipinski definition) is 2. The first-order valence-corrected chi connectivity index (χ1v) is 10.5. The van der Waals surface area contributed by atoms with Gasteiger partial charge in [-0.2, -0.15) is 0 Å². The molecule has 2 atom stereocenters. The van der Waals surface area contributed by atoms with Gasteiger partial charge in [0.15, 0.2) is 0 Å². The van der Waals surface area contributed by atoms with Gasteiger partial charge in [-0.15, -0.1) is 0 Å². The van der Waals surface area contributed by atoms with E-state index in [1.54, 1.807) is 4.31 Å². The molecule has 3 nitrogen and oxygen atoms in total. The lowest BCUT2D eigenvalue weighted by molar-refractivity contribution is 0.249. The van der Waals surface area contributed by atoms with Crippen molar-refractivity contribution in [2.24, 2.45) is 5.92 Å². The van der Waals surface area contributed by atoms with Gasteiger partial charge in [0.1, 0.15) is 0 Å². The van der Waals surface area contributed by atoms with Crippen LogP contribution in [-0.4, -0.2) is 37.4 Å². The Morgan fingerprint density at radius 1 is 1.38 bits per heavy atom. The van der Waals surface area contributed by atoms with Gasteiger partial charge in [0.05, 0.1) is 6.26 Å². The van der Waals surface area contributed by atoms with E-state index in [1.165, 1.54) is 11.8 Å². The molecular weight excluding hydrogens is 374 g/mol. The molecule has 6 heteroatoms. The largest absolute Gasteiger partial charge is 0.213 e. The second-order valence-electron chi connectivity index (χ2n) is 5.77. The number of alkyl halides is 1. The Morgan fingerprint density at radius 2 is 2.05 bits per heavy atom. The summed E-state index contributed by atoms with van der Waals surface area (Å²) in [6.45, 7) is 1.31. The predicted octanol–water partition coefficient (Wildman–Crippen LogP) is 3.88. The van der Waals surface area contributed by atoms with E-state index < -0.39 is 10.0 Å². The minimum Gasteiger partial charge on any atom is -0.213 e. The molecule has 1 aromatic carbocycles. The van der Waals surface area contributed by atoms with Gasteiger partial charge in [0, 0.05) is 23.4 Å². The third-order valence-electron chi connectivity index (χ3n) is 4.10. The summed E-state index contributed by atoms with van der Waals surface area (Å²) in [5, 5.41) is 1.62. The molecule has 1 aliphatic rings. The van der Waals surface area contributed by atoms with Gasteiger partial charge in [-0.25, -0.2) is 12.7 Å². The molecule has 0 saturated carbocycles. The van der Waals surface area contributed by atoms with Crippen molar-refractivity contribution in [1.29, 1.82) is 0 Å². The Hall–Kier alpha value is -0.100. The van der Waals surface area contributed by atoms with Gasteiger partial charge in [0.2, 0.25) is 10.0 Å². The van der Waals surface area contributed by atoms with E-state index in [0.717, 1.165) is 29.6 Å². The molecule has 0 spiro atoms. The number of piperidine rings is 1. The molecule has 1 aromatic rings. The molecule has 118 valence electrons. The molecule has 21 heavy (non-hydrogen) atoms. The monoisotopic (exact) mass is 393 g/mol. The standard InChI is InChI=1S/C15H21BrClNO2S/c1-21(19,20)18-8-2-3-12(11-18)9-14(10-16)13-4-6-15(17)7-5-13/h4-7,12,14H,2-3,8-11H2,1H3. The highest BCUT2D eigenvalue weighted by Crippen LogP contribution is 2.31. The maximum Gasteiger partial charge on any atom is 0.211 e. The van der Waals surface area contributed by atoms with E-state index in [4.69, 9.17) is 11.6 Å². The van der Waals surface area contributed by atoms with Crippen LogP contribution in [0.15, 0.2) is 24.3 Å². The van der Waals surface area contributed by atoms with Gasteiger partial charge in [-0.1, -0.05) is 39.7 Å². The second kappa shape index (κ2) is 7.44. The molecule has 0 amide bonds. The molecule has 0 aliphatic carbocycles. The zero-order chi connectivity index (χ0) is 15.5. The number of rotatable bonds is 5. The smallest absolute Gasteiger partial charge is 0.211 e. The molecule has 2 rings (SSSR count). The van der Waals surface area contributed by atoms with E-state index >= 15 is 0 Å². The van der Waals surface area contributed by atoms with Gasteiger partial charge >= 0.3 is 0 Å². The first-order valence-electron chi connectivity index (χ1n) is 7.16. The summed E-state index contributed by atoms with van der Waals surface area (Å²) in [6, 6.07) is 7.95. The SMILES string of the molecule is CS(=O)(=O)N1CCCC(CC(CBr)c2ccc(Cl)cc2)C1. The molecule has 2 unspecified atom stereocenters. The molecule has 0 radical (unpaired) electrons. The van der Waals surface area contributed by atoms with Crippen LogP contribution >= 0.6 is 27.5 Å². The van der Waals surface area contributed by atoms with E-state index in [-0.39, 0.29) is 0 Å². The Labute approximate surface area is 140 Å². The third kappa shape index (κ3) is 4.95. The van der Waals surface area contributed by atoms with Gasteiger partial charge in [0.25, 0.3) is 0 Å². The van der Waals surface area contributed by atoms with Crippen LogP contribution in [0.3, 0.4) is 0 Å². The Bertz CT molecular complexity index is 562. The van der Waals surface area contributed by atoms with Gasteiger partial charge < -0.3 is 0 Å². The van der Waals surface area contributed by atoms with Crippen LogP contribution in [0, 0.1) is 5.92 Å². The highest BCUT2D eigenvalue weighted by atomic mass is 79.9. The maximum atomic E-state index is 11.7. The van der Waals surface area contributed by atoms with Crippen LogP contribution < -0.4 is 0 Å². The number of benzene rings is 1. The Kier molecular flexibility index (Phi) is 6.12. The van der Waals surface area contributed by atoms with Crippen LogP contribution in [0.1, 0.15) is 30.7 Å². The molecule has 1 fully saturated rings. The van der Waals surface area contributed by atoms with E-state index in [9.17, 15) is 8.42 Å². The summed E-state index contributed by atoms with van der Waals surface area (Å²) >= 11 is 9.52. The van der Waals surface area contributed by atoms with Crippen LogP contribution in [0.5, 0.6) is 0 Å². The van der Waals surface area contributed by atoms with Crippen LogP contribution in [0.4, 0.5) is 0 Å². The normalized spacial score (nSPS) is 22.1. The minimum absolute atomic E-state index is 0.395. The van der Waals surface area contributed by atoms with Gasteiger partial charge in [-0.05, 0) is 48.8 Å². The lowest BCUT2D eigenvalue weighted by atomic mass is 9.86. The topological polar surface area (TPSA) is 37.4 Å². The summed E-state index contributed by atoms with van der Waals surface area (Å²) < 4.78 is 25.0. The average molecular weight is 395 g/mol. The summed E-state index contributed by atoms with van der Waals surface area (Å²) in [5.41, 5.74) is 1.26. The first-order chi connectivity index (χ1) is 9.90. The Morgan fingerprint density at radius 3 is 2.62 bits per heavy atom. The Balaban J connectivity index is 2.03. The fourth-order valence-corrected chi connectivity index (χ4v) is 4.65. The molecule has 1 saturated heterocycles. The molecular formula is C15H21BrClNO2S. The number of sulfonamides is 1. The van der Waals surface area contributed by atoms with Crippen LogP contribution in [0.25, 0.3) is 0 Å². The van der Waals surface area contributed by atoms with Crippen LogP contribution in [0.2, 0.25) is 5.02 Å². The summed E-state index contributed by atoms with van der Waals surface area (Å²) in [4.78, 5) is 0. The first kappa shape index (κ1) is 17.3. The fraction of sp³-hybridized carbons (Fsp3) is 0.600. The van der Waals surface area contributed by atoms with Crippen molar-refractivity contribution in [2.75, 3.05) is 24.7 Å². The molecule has 0 N–H and O–H groups in total. The minimum atomic E-state index is -3.07. The lowest BCUT2D eigenvalue weighted by Crippen LogP contribution is -2.39. The van der Waals surface area contributed by atoms with Crippen molar-refractivity contribution in [2.45, 2.75) is 25.2 Å². The molecule has 1 aliphatic heterocycles. The van der Waals surface area contributed by atoms with Crippen molar-refractivity contribution in [1.82, 2.24) is 4.31 Å². The molecule has 0 aromatic heterocycles. The zero-order valence-corrected chi connectivity index (χ0v) is 15.3. The van der Waals surface area contributed by atoms with E-state index in [0.29, 0.717) is 24.9 Å². The van der Waals surface area contributed by atoms with Crippen molar-refractivity contribution in [3.05, 3.63) is 34.9 Å². The third-order valence-corrected chi connectivity index (χ3v) is 6.40. The number of nitrogens with zero attached hydrogens (tertiary/aromatic N) is 1. The summed E-state index contributed by atoms with van der Waals surface area (Å²) in [6.07, 6.45) is 4.35. The highest BCUT2D eigenvalue weighted by Gasteiger charge is 2.27.